The molecule has 0 aliphatic carbocycles. The average Bonchev–Trinajstić information content (AvgIpc) is 3.71. The van der Waals surface area contributed by atoms with Crippen molar-refractivity contribution in [2.45, 2.75) is 29.9 Å². The van der Waals surface area contributed by atoms with Gasteiger partial charge in [0.15, 0.2) is 0 Å². The minimum absolute atomic E-state index is 0.147. The van der Waals surface area contributed by atoms with E-state index in [-0.39, 0.29) is 18.3 Å². The van der Waals surface area contributed by atoms with Gasteiger partial charge in [-0.1, -0.05) is 24.0 Å². The van der Waals surface area contributed by atoms with E-state index in [1.54, 1.807) is 71.2 Å². The van der Waals surface area contributed by atoms with E-state index in [4.69, 9.17) is 10.5 Å². The van der Waals surface area contributed by atoms with Crippen LogP contribution in [-0.4, -0.2) is 38.4 Å². The summed E-state index contributed by atoms with van der Waals surface area (Å²) in [5.41, 5.74) is 11.3. The highest BCUT2D eigenvalue weighted by Crippen LogP contribution is 2.27. The van der Waals surface area contributed by atoms with Crippen molar-refractivity contribution in [3.8, 4) is 17.6 Å². The van der Waals surface area contributed by atoms with Crippen LogP contribution in [0.5, 0.6) is 5.75 Å². The van der Waals surface area contributed by atoms with Crippen LogP contribution in [0, 0.1) is 11.8 Å². The summed E-state index contributed by atoms with van der Waals surface area (Å²) >= 11 is 1.62. The maximum absolute atomic E-state index is 12.9. The van der Waals surface area contributed by atoms with E-state index in [0.29, 0.717) is 29.3 Å². The standard InChI is InChI=1S/C34H32N6O3S/c1-40-18-16-30(39-40)23-44-32-15-10-28(34(42)36-17-2-3-26-21-37-38-22-26)20-27(32)9-4-24-7-13-31(14-8-24)43-33(41)19-25-5-11-29(35)12-6-25/h5-8,10-16,18,20-22H,2-3,17,19,23,35H2,1H3,(H,36,42)(H,37,38). The third-order valence-electron chi connectivity index (χ3n) is 6.62. The topological polar surface area (TPSA) is 128 Å². The predicted octanol–water partition coefficient (Wildman–Crippen LogP) is 4.93. The molecule has 0 aliphatic heterocycles. The van der Waals surface area contributed by atoms with Crippen molar-refractivity contribution in [1.29, 1.82) is 0 Å². The lowest BCUT2D eigenvalue weighted by Gasteiger charge is -2.08. The van der Waals surface area contributed by atoms with E-state index in [2.05, 4.69) is 32.5 Å². The lowest BCUT2D eigenvalue weighted by molar-refractivity contribution is -0.133. The van der Waals surface area contributed by atoms with Gasteiger partial charge in [0, 0.05) is 59.0 Å². The van der Waals surface area contributed by atoms with E-state index < -0.39 is 0 Å². The molecule has 0 fully saturated rings. The summed E-state index contributed by atoms with van der Waals surface area (Å²) in [6, 6.07) is 21.7. The van der Waals surface area contributed by atoms with Gasteiger partial charge in [-0.05, 0) is 84.6 Å². The number of hydrogen-bond acceptors (Lipinski definition) is 7. The third kappa shape index (κ3) is 8.86. The Balaban J connectivity index is 1.25. The molecule has 0 atom stereocenters. The van der Waals surface area contributed by atoms with Crippen molar-refractivity contribution in [3.63, 3.8) is 0 Å². The Morgan fingerprint density at radius 2 is 1.84 bits per heavy atom. The van der Waals surface area contributed by atoms with Crippen molar-refractivity contribution < 1.29 is 14.3 Å². The first-order valence-electron chi connectivity index (χ1n) is 14.1. The molecule has 4 N–H and O–H groups in total. The maximum atomic E-state index is 12.9. The second-order valence-electron chi connectivity index (χ2n) is 10.1. The first-order chi connectivity index (χ1) is 21.4. The Bertz CT molecular complexity index is 1770. The van der Waals surface area contributed by atoms with Crippen molar-refractivity contribution in [1.82, 2.24) is 25.3 Å². The number of amides is 1. The molecule has 5 aromatic rings. The van der Waals surface area contributed by atoms with Crippen molar-refractivity contribution in [2.75, 3.05) is 12.3 Å². The number of nitrogens with one attached hydrogen (secondary N) is 2. The minimum Gasteiger partial charge on any atom is -0.426 e. The molecule has 222 valence electrons. The van der Waals surface area contributed by atoms with Gasteiger partial charge in [0.05, 0.1) is 18.3 Å². The fraction of sp³-hybridized carbons (Fsp3) is 0.176. The van der Waals surface area contributed by atoms with Crippen LogP contribution in [0.3, 0.4) is 0 Å². The van der Waals surface area contributed by atoms with E-state index in [0.717, 1.165) is 45.7 Å². The minimum atomic E-state index is -0.361. The molecule has 0 unspecified atom stereocenters. The van der Waals surface area contributed by atoms with Gasteiger partial charge in [0.25, 0.3) is 5.91 Å². The number of nitrogens with zero attached hydrogens (tertiary/aromatic N) is 3. The number of anilines is 1. The van der Waals surface area contributed by atoms with Gasteiger partial charge in [-0.15, -0.1) is 11.8 Å². The molecular formula is C34H32N6O3S. The maximum Gasteiger partial charge on any atom is 0.315 e. The van der Waals surface area contributed by atoms with Crippen LogP contribution in [0.2, 0.25) is 0 Å². The molecule has 1 amide bonds. The van der Waals surface area contributed by atoms with Crippen LogP contribution < -0.4 is 15.8 Å². The van der Waals surface area contributed by atoms with Crippen LogP contribution in [0.25, 0.3) is 0 Å². The number of thioether (sulfide) groups is 1. The highest BCUT2D eigenvalue weighted by Gasteiger charge is 2.11. The molecule has 2 heterocycles. The summed E-state index contributed by atoms with van der Waals surface area (Å²) in [5, 5.41) is 14.2. The van der Waals surface area contributed by atoms with Gasteiger partial charge in [0.1, 0.15) is 5.75 Å². The number of carbonyl (C=O) groups is 2. The van der Waals surface area contributed by atoms with Gasteiger partial charge in [-0.25, -0.2) is 0 Å². The highest BCUT2D eigenvalue weighted by atomic mass is 32.2. The number of benzene rings is 3. The second kappa shape index (κ2) is 14.8. The number of H-pyrrole nitrogens is 1. The van der Waals surface area contributed by atoms with Crippen LogP contribution in [0.4, 0.5) is 5.69 Å². The quantitative estimate of drug-likeness (QED) is 0.0487. The number of aryl methyl sites for hydroxylation is 2. The zero-order valence-corrected chi connectivity index (χ0v) is 25.1. The number of aromatic amines is 1. The van der Waals surface area contributed by atoms with Gasteiger partial charge in [-0.3, -0.25) is 19.4 Å². The van der Waals surface area contributed by atoms with Crippen molar-refractivity contribution >= 4 is 29.3 Å². The van der Waals surface area contributed by atoms with Gasteiger partial charge in [0.2, 0.25) is 0 Å². The van der Waals surface area contributed by atoms with E-state index in [1.165, 1.54) is 0 Å². The summed E-state index contributed by atoms with van der Waals surface area (Å²) in [7, 11) is 1.89. The largest absolute Gasteiger partial charge is 0.426 e. The number of aromatic nitrogens is 4. The first kappa shape index (κ1) is 30.2. The number of ether oxygens (including phenoxy) is 1. The fourth-order valence-corrected chi connectivity index (χ4v) is 5.20. The Kier molecular flexibility index (Phi) is 10.1. The summed E-state index contributed by atoms with van der Waals surface area (Å²) in [5.74, 6) is 7.04. The van der Waals surface area contributed by atoms with Crippen LogP contribution in [-0.2, 0) is 30.4 Å². The Morgan fingerprint density at radius 3 is 2.57 bits per heavy atom. The Morgan fingerprint density at radius 1 is 1.02 bits per heavy atom. The summed E-state index contributed by atoms with van der Waals surface area (Å²) < 4.78 is 7.26. The molecule has 0 radical (unpaired) electrons. The van der Waals surface area contributed by atoms with Crippen molar-refractivity contribution in [3.05, 3.63) is 125 Å². The second-order valence-corrected chi connectivity index (χ2v) is 11.1. The van der Waals surface area contributed by atoms with E-state index >= 15 is 0 Å². The van der Waals surface area contributed by atoms with Crippen LogP contribution in [0.15, 0.2) is 96.3 Å². The molecule has 0 aliphatic rings. The number of esters is 1. The Hall–Kier alpha value is -5.27. The molecule has 3 aromatic carbocycles. The zero-order chi connectivity index (χ0) is 30.7. The molecule has 0 saturated carbocycles. The Labute approximate surface area is 260 Å². The van der Waals surface area contributed by atoms with Crippen LogP contribution >= 0.6 is 11.8 Å². The zero-order valence-electron chi connectivity index (χ0n) is 24.2. The number of nitrogen functional groups attached to an aromatic ring is 1. The first-order valence-corrected chi connectivity index (χ1v) is 15.1. The number of hydrogen-bond donors (Lipinski definition) is 3. The summed E-state index contributed by atoms with van der Waals surface area (Å²) in [6.45, 7) is 0.554. The van der Waals surface area contributed by atoms with Gasteiger partial charge in [-0.2, -0.15) is 10.2 Å². The molecule has 9 nitrogen and oxygen atoms in total. The molecular weight excluding hydrogens is 572 g/mol. The van der Waals surface area contributed by atoms with Crippen LogP contribution in [0.1, 0.15) is 44.7 Å². The lowest BCUT2D eigenvalue weighted by Crippen LogP contribution is -2.24. The average molecular weight is 605 g/mol. The van der Waals surface area contributed by atoms with E-state index in [9.17, 15) is 9.59 Å². The molecule has 0 spiro atoms. The molecule has 0 saturated heterocycles. The highest BCUT2D eigenvalue weighted by molar-refractivity contribution is 7.98. The van der Waals surface area contributed by atoms with Gasteiger partial charge >= 0.3 is 5.97 Å². The molecule has 44 heavy (non-hydrogen) atoms. The normalized spacial score (nSPS) is 10.6. The number of rotatable bonds is 11. The predicted molar refractivity (Wildman–Crippen MR) is 171 cm³/mol. The smallest absolute Gasteiger partial charge is 0.315 e. The molecule has 5 rings (SSSR count). The molecule has 0 bridgehead atoms. The third-order valence-corrected chi connectivity index (χ3v) is 7.73. The number of carbonyl (C=O) groups excluding carboxylic acids is 2. The fourth-order valence-electron chi connectivity index (χ4n) is 4.31. The number of nitrogens with two attached hydrogens (primary N) is 1. The van der Waals surface area contributed by atoms with Crippen molar-refractivity contribution in [2.24, 2.45) is 7.05 Å². The molecule has 2 aromatic heterocycles. The molecule has 10 heteroatoms. The summed E-state index contributed by atoms with van der Waals surface area (Å²) in [4.78, 5) is 26.3. The van der Waals surface area contributed by atoms with E-state index in [1.807, 2.05) is 43.7 Å². The van der Waals surface area contributed by atoms with Gasteiger partial charge < -0.3 is 15.8 Å². The monoisotopic (exact) mass is 604 g/mol. The lowest BCUT2D eigenvalue weighted by atomic mass is 10.1. The summed E-state index contributed by atoms with van der Waals surface area (Å²) in [6.07, 6.45) is 7.35. The SMILES string of the molecule is Cn1ccc(CSc2ccc(C(=O)NCCCc3cn[nH]c3)cc2C#Cc2ccc(OC(=O)Cc3ccc(N)cc3)cc2)n1.